The van der Waals surface area contributed by atoms with E-state index in [1.54, 1.807) is 39.0 Å². The van der Waals surface area contributed by atoms with Crippen LogP contribution in [0.25, 0.3) is 5.70 Å². The molecule has 10 nitrogen and oxygen atoms in total. The SMILES string of the molecule is CCOC(=O)C1=C(c2ccccc2)N=C2SC=C(CC(=O)N3CCC[C@H](C(=O)OCC)C3)N2[C@H]1c1ccc(OC)c(OC)c1. The number of fused-ring (bicyclic) bond motifs is 1. The van der Waals surface area contributed by atoms with Crippen LogP contribution in [0.3, 0.4) is 0 Å². The predicted octanol–water partition coefficient (Wildman–Crippen LogP) is 5.17. The van der Waals surface area contributed by atoms with E-state index in [0.717, 1.165) is 17.5 Å². The zero-order valence-electron chi connectivity index (χ0n) is 25.4. The van der Waals surface area contributed by atoms with E-state index in [2.05, 4.69) is 0 Å². The molecule has 0 aliphatic carbocycles. The molecule has 0 aromatic heterocycles. The average molecular weight is 620 g/mol. The highest BCUT2D eigenvalue weighted by atomic mass is 32.2. The normalized spacial score (nSPS) is 19.5. The highest BCUT2D eigenvalue weighted by molar-refractivity contribution is 8.16. The van der Waals surface area contributed by atoms with Crippen LogP contribution in [-0.4, -0.2) is 73.3 Å². The molecule has 2 aromatic rings. The lowest BCUT2D eigenvalue weighted by Crippen LogP contribution is -2.44. The molecule has 0 bridgehead atoms. The van der Waals surface area contributed by atoms with E-state index in [1.165, 1.54) is 11.8 Å². The van der Waals surface area contributed by atoms with Gasteiger partial charge in [-0.05, 0) is 49.8 Å². The molecule has 1 saturated heterocycles. The smallest absolute Gasteiger partial charge is 0.338 e. The Labute approximate surface area is 261 Å². The summed E-state index contributed by atoms with van der Waals surface area (Å²) in [6.45, 7) is 4.94. The van der Waals surface area contributed by atoms with Gasteiger partial charge in [0.25, 0.3) is 0 Å². The number of hydrogen-bond acceptors (Lipinski definition) is 10. The molecule has 0 saturated carbocycles. The van der Waals surface area contributed by atoms with Gasteiger partial charge in [-0.2, -0.15) is 0 Å². The third kappa shape index (κ3) is 6.33. The Kier molecular flexibility index (Phi) is 9.94. The van der Waals surface area contributed by atoms with Crippen molar-refractivity contribution < 1.29 is 33.3 Å². The molecule has 11 heteroatoms. The number of amides is 1. The minimum absolute atomic E-state index is 0.0716. The van der Waals surface area contributed by atoms with Gasteiger partial charge >= 0.3 is 11.9 Å². The molecule has 3 aliphatic heterocycles. The van der Waals surface area contributed by atoms with Gasteiger partial charge in [0.05, 0.1) is 57.1 Å². The van der Waals surface area contributed by atoms with Crippen molar-refractivity contribution in [2.75, 3.05) is 40.5 Å². The van der Waals surface area contributed by atoms with Crippen molar-refractivity contribution in [1.82, 2.24) is 9.80 Å². The molecule has 1 fully saturated rings. The maximum atomic E-state index is 13.8. The van der Waals surface area contributed by atoms with Gasteiger partial charge in [-0.3, -0.25) is 9.59 Å². The van der Waals surface area contributed by atoms with Crippen molar-refractivity contribution in [1.29, 1.82) is 0 Å². The van der Waals surface area contributed by atoms with Crippen LogP contribution in [0.1, 0.15) is 50.3 Å². The van der Waals surface area contributed by atoms with E-state index in [9.17, 15) is 14.4 Å². The number of rotatable bonds is 10. The second kappa shape index (κ2) is 14.0. The summed E-state index contributed by atoms with van der Waals surface area (Å²) in [5.74, 6) is -0.145. The Bertz CT molecular complexity index is 1500. The minimum atomic E-state index is -0.667. The Morgan fingerprint density at radius 2 is 1.73 bits per heavy atom. The van der Waals surface area contributed by atoms with Crippen molar-refractivity contribution in [2.45, 2.75) is 39.2 Å². The number of piperidine rings is 1. The Morgan fingerprint density at radius 1 is 0.977 bits per heavy atom. The Balaban J connectivity index is 1.55. The summed E-state index contributed by atoms with van der Waals surface area (Å²) >= 11 is 1.40. The molecule has 5 rings (SSSR count). The largest absolute Gasteiger partial charge is 0.493 e. The fourth-order valence-electron chi connectivity index (χ4n) is 5.75. The van der Waals surface area contributed by atoms with Gasteiger partial charge in [0.15, 0.2) is 16.7 Å². The van der Waals surface area contributed by atoms with Crippen molar-refractivity contribution >= 4 is 40.5 Å². The maximum Gasteiger partial charge on any atom is 0.338 e. The lowest BCUT2D eigenvalue weighted by Gasteiger charge is -2.38. The lowest BCUT2D eigenvalue weighted by molar-refractivity contribution is -0.151. The summed E-state index contributed by atoms with van der Waals surface area (Å²) in [5, 5.41) is 2.55. The van der Waals surface area contributed by atoms with Gasteiger partial charge in [-0.1, -0.05) is 48.2 Å². The summed E-state index contributed by atoms with van der Waals surface area (Å²) < 4.78 is 21.9. The van der Waals surface area contributed by atoms with Crippen LogP contribution < -0.4 is 9.47 Å². The highest BCUT2D eigenvalue weighted by Gasteiger charge is 2.43. The summed E-state index contributed by atoms with van der Waals surface area (Å²) in [6, 6.07) is 14.4. The average Bonchev–Trinajstić information content (AvgIpc) is 3.46. The van der Waals surface area contributed by atoms with Crippen molar-refractivity contribution in [3.05, 3.63) is 76.3 Å². The van der Waals surface area contributed by atoms with Gasteiger partial charge in [-0.25, -0.2) is 9.79 Å². The predicted molar refractivity (Wildman–Crippen MR) is 168 cm³/mol. The fourth-order valence-corrected chi connectivity index (χ4v) is 6.67. The number of aliphatic imine (C=N–C) groups is 1. The summed E-state index contributed by atoms with van der Waals surface area (Å²) in [4.78, 5) is 48.6. The second-order valence-electron chi connectivity index (χ2n) is 10.5. The standard InChI is InChI=1S/C33H37N3O7S/c1-5-42-31(38)23-13-10-16-35(19-23)27(37)18-24-20-44-33-34-29(21-11-8-7-9-12-21)28(32(39)43-6-2)30(36(24)33)22-14-15-25(40-3)26(17-22)41-4/h7-9,11-12,14-15,17,20,23,30H,5-6,10,13,16,18-19H2,1-4H3/t23-,30-/m0/s1. The zero-order chi connectivity index (χ0) is 31.2. The molecular formula is C33H37N3O7S. The molecule has 44 heavy (non-hydrogen) atoms. The first-order chi connectivity index (χ1) is 21.4. The molecular weight excluding hydrogens is 582 g/mol. The fraction of sp³-hybridized carbons (Fsp3) is 0.394. The Hall–Kier alpha value is -4.25. The molecule has 0 radical (unpaired) electrons. The number of thioether (sulfide) groups is 1. The monoisotopic (exact) mass is 619 g/mol. The van der Waals surface area contributed by atoms with Crippen LogP contribution in [0.4, 0.5) is 0 Å². The molecule has 0 N–H and O–H groups in total. The number of nitrogens with zero attached hydrogens (tertiary/aromatic N) is 3. The first-order valence-corrected chi connectivity index (χ1v) is 15.6. The van der Waals surface area contributed by atoms with E-state index in [-0.39, 0.29) is 30.8 Å². The molecule has 232 valence electrons. The molecule has 2 aromatic carbocycles. The number of methoxy groups -OCH3 is 2. The zero-order valence-corrected chi connectivity index (χ0v) is 26.2. The number of carbonyl (C=O) groups excluding carboxylic acids is 3. The number of benzene rings is 2. The van der Waals surface area contributed by atoms with Gasteiger partial charge in [0.2, 0.25) is 5.91 Å². The molecule has 0 spiro atoms. The maximum absolute atomic E-state index is 13.8. The Morgan fingerprint density at radius 3 is 2.43 bits per heavy atom. The van der Waals surface area contributed by atoms with Gasteiger partial charge in [-0.15, -0.1) is 0 Å². The van der Waals surface area contributed by atoms with Crippen LogP contribution in [0.5, 0.6) is 11.5 Å². The van der Waals surface area contributed by atoms with E-state index < -0.39 is 12.0 Å². The van der Waals surface area contributed by atoms with Gasteiger partial charge in [0.1, 0.15) is 0 Å². The van der Waals surface area contributed by atoms with Crippen LogP contribution in [0, 0.1) is 5.92 Å². The number of esters is 2. The van der Waals surface area contributed by atoms with Crippen molar-refractivity contribution in [2.24, 2.45) is 10.9 Å². The van der Waals surface area contributed by atoms with Gasteiger partial charge < -0.3 is 28.7 Å². The first kappa shape index (κ1) is 31.2. The first-order valence-electron chi connectivity index (χ1n) is 14.8. The van der Waals surface area contributed by atoms with Crippen molar-refractivity contribution in [3.8, 4) is 11.5 Å². The molecule has 3 heterocycles. The number of carbonyl (C=O) groups is 3. The minimum Gasteiger partial charge on any atom is -0.493 e. The number of amidine groups is 1. The lowest BCUT2D eigenvalue weighted by atomic mass is 9.91. The van der Waals surface area contributed by atoms with Crippen LogP contribution in [-0.2, 0) is 23.9 Å². The summed E-state index contributed by atoms with van der Waals surface area (Å²) in [5.41, 5.74) is 3.09. The van der Waals surface area contributed by atoms with Crippen LogP contribution >= 0.6 is 11.8 Å². The van der Waals surface area contributed by atoms with E-state index in [1.807, 2.05) is 52.8 Å². The third-order valence-electron chi connectivity index (χ3n) is 7.80. The molecule has 1 amide bonds. The van der Waals surface area contributed by atoms with E-state index in [4.69, 9.17) is 23.9 Å². The topological polar surface area (TPSA) is 107 Å². The summed E-state index contributed by atoms with van der Waals surface area (Å²) in [7, 11) is 3.13. The summed E-state index contributed by atoms with van der Waals surface area (Å²) in [6.07, 6.45) is 1.49. The van der Waals surface area contributed by atoms with Crippen LogP contribution in [0.15, 0.2) is 70.2 Å². The second-order valence-corrected chi connectivity index (χ2v) is 11.3. The molecule has 3 aliphatic rings. The van der Waals surface area contributed by atoms with Gasteiger partial charge in [0, 0.05) is 24.4 Å². The van der Waals surface area contributed by atoms with Crippen LogP contribution in [0.2, 0.25) is 0 Å². The molecule has 2 atom stereocenters. The molecule has 0 unspecified atom stereocenters. The van der Waals surface area contributed by atoms with E-state index in [0.29, 0.717) is 59.8 Å². The number of likely N-dealkylation sites (tertiary alicyclic amines) is 1. The van der Waals surface area contributed by atoms with Crippen molar-refractivity contribution in [3.63, 3.8) is 0 Å². The quantitative estimate of drug-likeness (QED) is 0.333. The number of ether oxygens (including phenoxy) is 4. The number of hydrogen-bond donors (Lipinski definition) is 0. The highest BCUT2D eigenvalue weighted by Crippen LogP contribution is 2.48. The van der Waals surface area contributed by atoms with E-state index >= 15 is 0 Å². The third-order valence-corrected chi connectivity index (χ3v) is 8.69.